The number of benzene rings is 1. The average Bonchev–Trinajstić information content (AvgIpc) is 3.24. The fraction of sp³-hybridized carbons (Fsp3) is 0.600. The summed E-state index contributed by atoms with van der Waals surface area (Å²) in [4.78, 5) is 6.78. The predicted octanol–water partition coefficient (Wildman–Crippen LogP) is 4.70. The molecule has 33 heavy (non-hydrogen) atoms. The topological polar surface area (TPSA) is 66.7 Å². The van der Waals surface area contributed by atoms with Crippen molar-refractivity contribution in [2.75, 3.05) is 43.1 Å². The second-order valence-electron chi connectivity index (χ2n) is 9.25. The molecule has 5 rings (SSSR count). The first-order chi connectivity index (χ1) is 16.2. The minimum Gasteiger partial charge on any atom is -0.378 e. The molecule has 1 aromatic heterocycles. The zero-order valence-corrected chi connectivity index (χ0v) is 19.6. The van der Waals surface area contributed by atoms with E-state index in [4.69, 9.17) is 14.8 Å². The van der Waals surface area contributed by atoms with Gasteiger partial charge < -0.3 is 20.3 Å². The molecule has 178 valence electrons. The van der Waals surface area contributed by atoms with Gasteiger partial charge in [-0.3, -0.25) is 0 Å². The molecule has 1 saturated carbocycles. The van der Waals surface area contributed by atoms with Crippen LogP contribution in [0.4, 0.5) is 15.9 Å². The van der Waals surface area contributed by atoms with Gasteiger partial charge in [0.15, 0.2) is 5.96 Å². The maximum atomic E-state index is 15.2. The van der Waals surface area contributed by atoms with Crippen LogP contribution in [-0.2, 0) is 11.3 Å². The van der Waals surface area contributed by atoms with E-state index in [1.807, 2.05) is 12.1 Å². The highest BCUT2D eigenvalue weighted by Gasteiger charge is 2.28. The first-order valence-corrected chi connectivity index (χ1v) is 12.5. The molecule has 2 aromatic rings. The highest BCUT2D eigenvalue weighted by molar-refractivity contribution is 5.96. The highest BCUT2D eigenvalue weighted by atomic mass is 19.1. The quantitative estimate of drug-likeness (QED) is 0.619. The lowest BCUT2D eigenvalue weighted by atomic mass is 9.95. The molecule has 1 aliphatic carbocycles. The number of guanidine groups is 1. The Balaban J connectivity index is 1.46. The number of nitrogens with one attached hydrogen (secondary N) is 2. The van der Waals surface area contributed by atoms with Crippen LogP contribution in [0.15, 0.2) is 23.2 Å². The van der Waals surface area contributed by atoms with E-state index >= 15 is 4.39 Å². The normalized spacial score (nSPS) is 19.1. The summed E-state index contributed by atoms with van der Waals surface area (Å²) in [6.07, 6.45) is 8.27. The number of ether oxygens (including phenoxy) is 1. The van der Waals surface area contributed by atoms with Gasteiger partial charge >= 0.3 is 0 Å². The molecule has 3 aliphatic rings. The molecule has 0 atom stereocenters. The van der Waals surface area contributed by atoms with Crippen molar-refractivity contribution >= 4 is 17.5 Å². The SMILES string of the molecule is CCCCNC1=NCc2c(-c3ccc(N4CCOCC4)c(F)c3)nn(C3CCCCC3)c2N1. The van der Waals surface area contributed by atoms with Crippen LogP contribution in [-0.4, -0.2) is 48.6 Å². The minimum absolute atomic E-state index is 0.204. The Morgan fingerprint density at radius 1 is 1.18 bits per heavy atom. The van der Waals surface area contributed by atoms with Crippen LogP contribution in [0, 0.1) is 5.82 Å². The van der Waals surface area contributed by atoms with Crippen LogP contribution in [0.25, 0.3) is 11.3 Å². The number of anilines is 2. The van der Waals surface area contributed by atoms with E-state index in [9.17, 15) is 0 Å². The summed E-state index contributed by atoms with van der Waals surface area (Å²) >= 11 is 0. The number of aromatic nitrogens is 2. The Kier molecular flexibility index (Phi) is 6.80. The van der Waals surface area contributed by atoms with E-state index < -0.39 is 0 Å². The first kappa shape index (κ1) is 22.2. The summed E-state index contributed by atoms with van der Waals surface area (Å²) in [5, 5.41) is 12.0. The average molecular weight is 455 g/mol. The second kappa shape index (κ2) is 10.1. The molecular weight excluding hydrogens is 419 g/mol. The molecule has 0 bridgehead atoms. The summed E-state index contributed by atoms with van der Waals surface area (Å²) in [6.45, 7) is 6.34. The van der Waals surface area contributed by atoms with E-state index in [2.05, 4.69) is 27.1 Å². The van der Waals surface area contributed by atoms with Gasteiger partial charge in [0.25, 0.3) is 0 Å². The van der Waals surface area contributed by atoms with Gasteiger partial charge in [-0.25, -0.2) is 14.1 Å². The Morgan fingerprint density at radius 3 is 2.76 bits per heavy atom. The monoisotopic (exact) mass is 454 g/mol. The third kappa shape index (κ3) is 4.71. The van der Waals surface area contributed by atoms with E-state index in [0.717, 1.165) is 60.8 Å². The number of fused-ring (bicyclic) bond motifs is 1. The minimum atomic E-state index is -0.204. The molecule has 7 nitrogen and oxygen atoms in total. The molecule has 1 aromatic carbocycles. The lowest BCUT2D eigenvalue weighted by Gasteiger charge is -2.29. The van der Waals surface area contributed by atoms with Crippen LogP contribution < -0.4 is 15.5 Å². The van der Waals surface area contributed by atoms with Crippen molar-refractivity contribution in [3.05, 3.63) is 29.6 Å². The van der Waals surface area contributed by atoms with Gasteiger partial charge in [0.05, 0.1) is 37.2 Å². The largest absolute Gasteiger partial charge is 0.378 e. The third-order valence-corrected chi connectivity index (χ3v) is 6.96. The number of unbranched alkanes of at least 4 members (excludes halogenated alkanes) is 1. The van der Waals surface area contributed by atoms with Crippen molar-refractivity contribution in [3.8, 4) is 11.3 Å². The predicted molar refractivity (Wildman–Crippen MR) is 130 cm³/mol. The molecule has 2 aliphatic heterocycles. The lowest BCUT2D eigenvalue weighted by Crippen LogP contribution is -2.36. The van der Waals surface area contributed by atoms with Gasteiger partial charge in [0, 0.05) is 30.8 Å². The number of rotatable bonds is 6. The second-order valence-corrected chi connectivity index (χ2v) is 9.25. The first-order valence-electron chi connectivity index (χ1n) is 12.5. The van der Waals surface area contributed by atoms with Crippen molar-refractivity contribution in [1.29, 1.82) is 0 Å². The van der Waals surface area contributed by atoms with Gasteiger partial charge in [-0.2, -0.15) is 5.10 Å². The number of halogens is 1. The summed E-state index contributed by atoms with van der Waals surface area (Å²) in [6, 6.07) is 5.90. The van der Waals surface area contributed by atoms with Crippen molar-refractivity contribution in [1.82, 2.24) is 15.1 Å². The zero-order chi connectivity index (χ0) is 22.6. The van der Waals surface area contributed by atoms with Crippen LogP contribution in [0.1, 0.15) is 63.5 Å². The van der Waals surface area contributed by atoms with Gasteiger partial charge in [0.1, 0.15) is 11.6 Å². The number of hydrogen-bond acceptors (Lipinski definition) is 6. The van der Waals surface area contributed by atoms with E-state index in [1.54, 1.807) is 6.07 Å². The van der Waals surface area contributed by atoms with Gasteiger partial charge in [-0.15, -0.1) is 0 Å². The summed E-state index contributed by atoms with van der Waals surface area (Å²) < 4.78 is 22.8. The number of aliphatic imine (C=N–C) groups is 1. The zero-order valence-electron chi connectivity index (χ0n) is 19.6. The van der Waals surface area contributed by atoms with Crippen LogP contribution in [0.2, 0.25) is 0 Å². The Labute approximate surface area is 195 Å². The number of nitrogens with zero attached hydrogens (tertiary/aromatic N) is 4. The Hall–Kier alpha value is -2.61. The molecule has 0 radical (unpaired) electrons. The van der Waals surface area contributed by atoms with Crippen LogP contribution >= 0.6 is 0 Å². The number of hydrogen-bond donors (Lipinski definition) is 2. The molecule has 8 heteroatoms. The third-order valence-electron chi connectivity index (χ3n) is 6.96. The van der Waals surface area contributed by atoms with Crippen molar-refractivity contribution in [2.24, 2.45) is 4.99 Å². The molecule has 0 spiro atoms. The maximum Gasteiger partial charge on any atom is 0.197 e. The lowest BCUT2D eigenvalue weighted by molar-refractivity contribution is 0.122. The van der Waals surface area contributed by atoms with Gasteiger partial charge in [0.2, 0.25) is 0 Å². The standard InChI is InChI=1S/C25H35FN6O/c1-2-3-11-27-25-28-17-20-23(30-32(24(20)29-25)19-7-5-4-6-8-19)18-9-10-22(21(26)16-18)31-12-14-33-15-13-31/h9-10,16,19H,2-8,11-15,17H2,1H3,(H2,27,28,29). The Bertz CT molecular complexity index is 991. The van der Waals surface area contributed by atoms with E-state index in [0.29, 0.717) is 44.6 Å². The fourth-order valence-electron chi connectivity index (χ4n) is 5.08. The number of morpholine rings is 1. The highest BCUT2D eigenvalue weighted by Crippen LogP contribution is 2.38. The molecule has 2 N–H and O–H groups in total. The summed E-state index contributed by atoms with van der Waals surface area (Å²) in [5.41, 5.74) is 3.35. The fourth-order valence-corrected chi connectivity index (χ4v) is 5.08. The van der Waals surface area contributed by atoms with E-state index in [1.165, 1.54) is 19.3 Å². The molecule has 0 unspecified atom stereocenters. The Morgan fingerprint density at radius 2 is 2.00 bits per heavy atom. The summed E-state index contributed by atoms with van der Waals surface area (Å²) in [7, 11) is 0. The molecule has 2 fully saturated rings. The van der Waals surface area contributed by atoms with Crippen molar-refractivity contribution in [3.63, 3.8) is 0 Å². The van der Waals surface area contributed by atoms with Gasteiger partial charge in [-0.05, 0) is 31.4 Å². The molecule has 3 heterocycles. The van der Waals surface area contributed by atoms with Gasteiger partial charge in [-0.1, -0.05) is 38.7 Å². The van der Waals surface area contributed by atoms with E-state index in [-0.39, 0.29) is 5.82 Å². The molecular formula is C25H35FN6O. The maximum absolute atomic E-state index is 15.2. The summed E-state index contributed by atoms with van der Waals surface area (Å²) in [5.74, 6) is 1.63. The van der Waals surface area contributed by atoms with Crippen LogP contribution in [0.5, 0.6) is 0 Å². The molecule has 0 amide bonds. The van der Waals surface area contributed by atoms with Crippen molar-refractivity contribution < 1.29 is 9.13 Å². The molecule has 1 saturated heterocycles. The smallest absolute Gasteiger partial charge is 0.197 e. The van der Waals surface area contributed by atoms with Crippen molar-refractivity contribution in [2.45, 2.75) is 64.5 Å². The van der Waals surface area contributed by atoms with Crippen LogP contribution in [0.3, 0.4) is 0 Å².